The van der Waals surface area contributed by atoms with Gasteiger partial charge in [0.25, 0.3) is 0 Å². The zero-order valence-corrected chi connectivity index (χ0v) is 24.2. The zero-order chi connectivity index (χ0) is 28.8. The third-order valence-electron chi connectivity index (χ3n) is 7.82. The molecule has 1 aromatic heterocycles. The molecule has 13 heteroatoms. The van der Waals surface area contributed by atoms with E-state index in [-0.39, 0.29) is 47.6 Å². The van der Waals surface area contributed by atoms with Gasteiger partial charge < -0.3 is 45.8 Å². The van der Waals surface area contributed by atoms with Gasteiger partial charge in [-0.05, 0) is 39.5 Å². The summed E-state index contributed by atoms with van der Waals surface area (Å²) in [5.41, 5.74) is 9.73. The van der Waals surface area contributed by atoms with E-state index in [9.17, 15) is 25.2 Å². The molecule has 0 saturated heterocycles. The van der Waals surface area contributed by atoms with Crippen molar-refractivity contribution < 1.29 is 34.3 Å². The van der Waals surface area contributed by atoms with Gasteiger partial charge in [-0.2, -0.15) is 0 Å². The van der Waals surface area contributed by atoms with Crippen LogP contribution in [-0.2, 0) is 6.42 Å². The number of ether oxygens (including phenoxy) is 2. The van der Waals surface area contributed by atoms with Gasteiger partial charge >= 0.3 is 0 Å². The zero-order valence-electron chi connectivity index (χ0n) is 22.6. The van der Waals surface area contributed by atoms with E-state index in [0.717, 1.165) is 25.7 Å². The molecule has 2 aromatic rings. The molecule has 1 fully saturated rings. The lowest BCUT2D eigenvalue weighted by molar-refractivity contribution is -0.0233. The predicted molar refractivity (Wildman–Crippen MR) is 155 cm³/mol. The van der Waals surface area contributed by atoms with Gasteiger partial charge in [-0.25, -0.2) is 4.99 Å². The number of nitrogens with two attached hydrogens (primary N) is 2. The Hall–Kier alpha value is -2.16. The number of rotatable bonds is 6. The molecular formula is C27H37N3O8S2. The van der Waals surface area contributed by atoms with E-state index >= 15 is 0 Å². The SMILES string of the molecule is CC(C)(O)[C@H]1Cc2c(c3c4oc(cc(=O)c4c2OC2CCCC2)[C@@H](O)C[C@](CO)(N=C(N)N)CSS[C@H]3CO)O1. The first-order valence-electron chi connectivity index (χ1n) is 13.5. The molecule has 0 amide bonds. The van der Waals surface area contributed by atoms with E-state index in [1.807, 2.05) is 0 Å². The predicted octanol–water partition coefficient (Wildman–Crippen LogP) is 2.05. The molecule has 220 valence electrons. The smallest absolute Gasteiger partial charge is 0.196 e. The van der Waals surface area contributed by atoms with Crippen LogP contribution in [0.1, 0.15) is 74.2 Å². The molecule has 3 aliphatic rings. The van der Waals surface area contributed by atoms with Gasteiger partial charge in [-0.15, -0.1) is 0 Å². The molecule has 2 bridgehead atoms. The van der Waals surface area contributed by atoms with E-state index in [1.165, 1.54) is 27.7 Å². The molecule has 11 nitrogen and oxygen atoms in total. The van der Waals surface area contributed by atoms with Crippen LogP contribution in [0.2, 0.25) is 0 Å². The minimum Gasteiger partial charge on any atom is -0.489 e. The van der Waals surface area contributed by atoms with Crippen LogP contribution in [0.15, 0.2) is 20.3 Å². The molecule has 0 unspecified atom stereocenters. The minimum atomic E-state index is -1.33. The molecule has 4 atom stereocenters. The first kappa shape index (κ1) is 29.3. The Balaban J connectivity index is 1.76. The summed E-state index contributed by atoms with van der Waals surface area (Å²) in [4.78, 5) is 18.1. The number of nitrogens with zero attached hydrogens (tertiary/aromatic N) is 1. The second-order valence-corrected chi connectivity index (χ2v) is 14.0. The molecule has 40 heavy (non-hydrogen) atoms. The molecule has 3 heterocycles. The Kier molecular flexibility index (Phi) is 8.25. The number of hydrogen-bond donors (Lipinski definition) is 6. The molecule has 8 N–H and O–H groups in total. The second-order valence-electron chi connectivity index (χ2n) is 11.4. The highest BCUT2D eigenvalue weighted by Crippen LogP contribution is 2.54. The number of benzene rings is 1. The largest absolute Gasteiger partial charge is 0.489 e. The summed E-state index contributed by atoms with van der Waals surface area (Å²) < 4.78 is 19.2. The molecular weight excluding hydrogens is 558 g/mol. The summed E-state index contributed by atoms with van der Waals surface area (Å²) in [6.45, 7) is 2.52. The lowest BCUT2D eigenvalue weighted by atomic mass is 9.93. The Morgan fingerprint density at radius 2 is 2.00 bits per heavy atom. The normalized spacial score (nSPS) is 27.3. The molecule has 1 aromatic carbocycles. The van der Waals surface area contributed by atoms with Crippen molar-refractivity contribution in [2.24, 2.45) is 16.5 Å². The van der Waals surface area contributed by atoms with Crippen LogP contribution in [-0.4, -0.2) is 68.7 Å². The minimum absolute atomic E-state index is 0.0280. The van der Waals surface area contributed by atoms with Crippen LogP contribution in [0.25, 0.3) is 11.0 Å². The van der Waals surface area contributed by atoms with Crippen LogP contribution in [0.3, 0.4) is 0 Å². The Bertz CT molecular complexity index is 1350. The number of fused-ring (bicyclic) bond motifs is 3. The van der Waals surface area contributed by atoms with E-state index in [0.29, 0.717) is 29.0 Å². The maximum atomic E-state index is 13.8. The Morgan fingerprint density at radius 3 is 2.62 bits per heavy atom. The molecule has 2 aliphatic heterocycles. The van der Waals surface area contributed by atoms with E-state index < -0.39 is 40.6 Å². The highest BCUT2D eigenvalue weighted by molar-refractivity contribution is 8.76. The van der Waals surface area contributed by atoms with Crippen LogP contribution < -0.4 is 26.4 Å². The van der Waals surface area contributed by atoms with Gasteiger partial charge in [0.15, 0.2) is 11.4 Å². The third kappa shape index (κ3) is 5.51. The average molecular weight is 596 g/mol. The van der Waals surface area contributed by atoms with Crippen molar-refractivity contribution in [3.8, 4) is 11.5 Å². The monoisotopic (exact) mass is 595 g/mol. The van der Waals surface area contributed by atoms with Gasteiger partial charge in [-0.1, -0.05) is 21.6 Å². The van der Waals surface area contributed by atoms with Crippen LogP contribution in [0.4, 0.5) is 0 Å². The number of hydrogen-bond acceptors (Lipinski definition) is 11. The van der Waals surface area contributed by atoms with E-state index in [2.05, 4.69) is 4.99 Å². The average Bonchev–Trinajstić information content (AvgIpc) is 3.56. The molecule has 1 aliphatic carbocycles. The van der Waals surface area contributed by atoms with Crippen molar-refractivity contribution >= 4 is 38.5 Å². The number of aliphatic hydroxyl groups excluding tert-OH is 3. The highest BCUT2D eigenvalue weighted by Gasteiger charge is 2.43. The molecule has 5 rings (SSSR count). The topological polar surface area (TPSA) is 194 Å². The Morgan fingerprint density at radius 1 is 1.27 bits per heavy atom. The lowest BCUT2D eigenvalue weighted by Crippen LogP contribution is -2.40. The van der Waals surface area contributed by atoms with Crippen LogP contribution >= 0.6 is 21.6 Å². The van der Waals surface area contributed by atoms with Gasteiger partial charge in [0.2, 0.25) is 0 Å². The third-order valence-corrected chi connectivity index (χ3v) is 10.7. The fourth-order valence-electron chi connectivity index (χ4n) is 5.69. The van der Waals surface area contributed by atoms with Crippen LogP contribution in [0.5, 0.6) is 11.5 Å². The van der Waals surface area contributed by atoms with Gasteiger partial charge in [0.05, 0.1) is 35.7 Å². The summed E-state index contributed by atoms with van der Waals surface area (Å²) in [6.07, 6.45) is 1.94. The van der Waals surface area contributed by atoms with Gasteiger partial charge in [0, 0.05) is 30.2 Å². The number of aliphatic hydroxyl groups is 4. The van der Waals surface area contributed by atoms with Crippen molar-refractivity contribution in [2.75, 3.05) is 19.0 Å². The van der Waals surface area contributed by atoms with Gasteiger partial charge in [-0.3, -0.25) is 4.79 Å². The first-order chi connectivity index (χ1) is 19.0. The standard InChI is InChI=1S/C27H37N3O8S2/c1-26(2,35)19-7-14-22(36-13-5-3-4-6-13)20-15(33)8-17-16(34)9-27(11-32,30-25(28)29)12-39-40-18(10-31)21(23(14)38-19)24(20)37-17/h8,13,16,18-19,31-32,34-35H,3-7,9-12H2,1-2H3,(H4,28,29,30)/t16-,18-,19+,27+/m0/s1. The molecule has 1 saturated carbocycles. The number of guanidine groups is 1. The first-order valence-corrected chi connectivity index (χ1v) is 15.9. The Labute approximate surface area is 239 Å². The van der Waals surface area contributed by atoms with Crippen LogP contribution in [0, 0.1) is 0 Å². The maximum absolute atomic E-state index is 13.8. The number of aliphatic imine (C=N–C) groups is 1. The van der Waals surface area contributed by atoms with Crippen molar-refractivity contribution in [3.05, 3.63) is 33.2 Å². The summed E-state index contributed by atoms with van der Waals surface area (Å²) in [5, 5.41) is 42.6. The summed E-state index contributed by atoms with van der Waals surface area (Å²) >= 11 is 0. The van der Waals surface area contributed by atoms with E-state index in [4.69, 9.17) is 25.4 Å². The lowest BCUT2D eigenvalue weighted by Gasteiger charge is -2.29. The van der Waals surface area contributed by atoms with E-state index in [1.54, 1.807) is 13.8 Å². The maximum Gasteiger partial charge on any atom is 0.196 e. The van der Waals surface area contributed by atoms with Crippen molar-refractivity contribution in [1.82, 2.24) is 0 Å². The fraction of sp³-hybridized carbons (Fsp3) is 0.630. The van der Waals surface area contributed by atoms with Crippen molar-refractivity contribution in [3.63, 3.8) is 0 Å². The van der Waals surface area contributed by atoms with Crippen molar-refractivity contribution in [1.29, 1.82) is 0 Å². The quantitative estimate of drug-likeness (QED) is 0.162. The summed E-state index contributed by atoms with van der Waals surface area (Å²) in [5.74, 6) is 0.697. The fourth-order valence-corrected chi connectivity index (χ4v) is 8.61. The molecule has 0 radical (unpaired) electrons. The highest BCUT2D eigenvalue weighted by atomic mass is 33.1. The summed E-state index contributed by atoms with van der Waals surface area (Å²) in [6, 6.07) is 1.23. The van der Waals surface area contributed by atoms with Crippen molar-refractivity contribution in [2.45, 2.75) is 87.1 Å². The van der Waals surface area contributed by atoms with Gasteiger partial charge in [0.1, 0.15) is 46.0 Å². The molecule has 0 spiro atoms. The second kappa shape index (κ2) is 11.3. The summed E-state index contributed by atoms with van der Waals surface area (Å²) in [7, 11) is 2.61.